The predicted molar refractivity (Wildman–Crippen MR) is 100 cm³/mol. The van der Waals surface area contributed by atoms with Crippen molar-refractivity contribution >= 4 is 35.0 Å². The molecule has 2 aromatic rings. The molecule has 0 unspecified atom stereocenters. The molecule has 118 valence electrons. The highest BCUT2D eigenvalue weighted by atomic mass is 32.1. The van der Waals surface area contributed by atoms with Crippen LogP contribution in [0.3, 0.4) is 0 Å². The number of rotatable bonds is 3. The zero-order valence-corrected chi connectivity index (χ0v) is 14.3. The lowest BCUT2D eigenvalue weighted by molar-refractivity contribution is -0.115. The largest absolute Gasteiger partial charge is 0.332 e. The van der Waals surface area contributed by atoms with Crippen molar-refractivity contribution in [3.05, 3.63) is 70.8 Å². The van der Waals surface area contributed by atoms with Crippen molar-refractivity contribution in [2.45, 2.75) is 20.8 Å². The number of amides is 1. The first-order valence-corrected chi connectivity index (χ1v) is 7.79. The quantitative estimate of drug-likeness (QED) is 0.658. The van der Waals surface area contributed by atoms with Crippen LogP contribution in [0.2, 0.25) is 0 Å². The van der Waals surface area contributed by atoms with Gasteiger partial charge < -0.3 is 5.32 Å². The molecule has 0 heterocycles. The van der Waals surface area contributed by atoms with Gasteiger partial charge in [-0.2, -0.15) is 0 Å². The average molecular weight is 324 g/mol. The Morgan fingerprint density at radius 2 is 1.65 bits per heavy atom. The van der Waals surface area contributed by atoms with E-state index in [1.54, 1.807) is 6.08 Å². The molecule has 0 radical (unpaired) electrons. The van der Waals surface area contributed by atoms with Gasteiger partial charge in [0.25, 0.3) is 0 Å². The van der Waals surface area contributed by atoms with E-state index >= 15 is 0 Å². The van der Waals surface area contributed by atoms with Crippen molar-refractivity contribution in [2.75, 3.05) is 5.32 Å². The SMILES string of the molecule is Cc1ccc(C=CC(=O)NC(=S)Nc2cc(C)ccc2C)cc1. The second kappa shape index (κ2) is 7.70. The lowest BCUT2D eigenvalue weighted by atomic mass is 10.1. The molecule has 3 nitrogen and oxygen atoms in total. The summed E-state index contributed by atoms with van der Waals surface area (Å²) in [6.45, 7) is 6.03. The summed E-state index contributed by atoms with van der Waals surface area (Å²) in [5.74, 6) is -0.256. The van der Waals surface area contributed by atoms with E-state index in [0.717, 1.165) is 22.4 Å². The minimum absolute atomic E-state index is 0.256. The third kappa shape index (κ3) is 5.34. The van der Waals surface area contributed by atoms with E-state index in [-0.39, 0.29) is 11.0 Å². The fourth-order valence-corrected chi connectivity index (χ4v) is 2.24. The van der Waals surface area contributed by atoms with E-state index in [1.807, 2.05) is 63.2 Å². The zero-order valence-electron chi connectivity index (χ0n) is 13.5. The lowest BCUT2D eigenvalue weighted by Gasteiger charge is -2.11. The molecule has 0 spiro atoms. The summed E-state index contributed by atoms with van der Waals surface area (Å²) in [7, 11) is 0. The van der Waals surface area contributed by atoms with E-state index in [2.05, 4.69) is 10.6 Å². The van der Waals surface area contributed by atoms with Gasteiger partial charge in [-0.25, -0.2) is 0 Å². The van der Waals surface area contributed by atoms with Gasteiger partial charge in [0.15, 0.2) is 5.11 Å². The fraction of sp³-hybridized carbons (Fsp3) is 0.158. The summed E-state index contributed by atoms with van der Waals surface area (Å²) in [6, 6.07) is 14.0. The van der Waals surface area contributed by atoms with Crippen LogP contribution >= 0.6 is 12.2 Å². The van der Waals surface area contributed by atoms with E-state index in [4.69, 9.17) is 12.2 Å². The number of carbonyl (C=O) groups is 1. The molecule has 0 saturated heterocycles. The molecule has 2 rings (SSSR count). The Morgan fingerprint density at radius 3 is 2.35 bits per heavy atom. The summed E-state index contributed by atoms with van der Waals surface area (Å²) >= 11 is 5.19. The summed E-state index contributed by atoms with van der Waals surface area (Å²) in [4.78, 5) is 11.9. The minimum atomic E-state index is -0.256. The number of benzene rings is 2. The topological polar surface area (TPSA) is 41.1 Å². The van der Waals surface area contributed by atoms with E-state index < -0.39 is 0 Å². The van der Waals surface area contributed by atoms with Gasteiger partial charge in [-0.1, -0.05) is 42.0 Å². The first kappa shape index (κ1) is 16.9. The molecule has 0 bridgehead atoms. The number of aryl methyl sites for hydroxylation is 3. The lowest BCUT2D eigenvalue weighted by Crippen LogP contribution is -2.33. The Kier molecular flexibility index (Phi) is 5.66. The summed E-state index contributed by atoms with van der Waals surface area (Å²) < 4.78 is 0. The molecule has 0 saturated carbocycles. The molecule has 0 aliphatic carbocycles. The number of thiocarbonyl (C=S) groups is 1. The van der Waals surface area contributed by atoms with Crippen LogP contribution in [0.1, 0.15) is 22.3 Å². The Balaban J connectivity index is 1.93. The van der Waals surface area contributed by atoms with Gasteiger partial charge >= 0.3 is 0 Å². The fourth-order valence-electron chi connectivity index (χ4n) is 2.03. The van der Waals surface area contributed by atoms with Gasteiger partial charge in [0.2, 0.25) is 5.91 Å². The van der Waals surface area contributed by atoms with E-state index in [0.29, 0.717) is 0 Å². The van der Waals surface area contributed by atoms with Crippen LogP contribution in [0.5, 0.6) is 0 Å². The van der Waals surface area contributed by atoms with Gasteiger partial charge in [0.05, 0.1) is 0 Å². The molecule has 0 aliphatic rings. The number of carbonyl (C=O) groups excluding carboxylic acids is 1. The Labute approximate surface area is 142 Å². The highest BCUT2D eigenvalue weighted by Crippen LogP contribution is 2.16. The van der Waals surface area contributed by atoms with Gasteiger partial charge in [-0.3, -0.25) is 10.1 Å². The number of hydrogen-bond acceptors (Lipinski definition) is 2. The summed E-state index contributed by atoms with van der Waals surface area (Å²) in [6.07, 6.45) is 3.23. The minimum Gasteiger partial charge on any atom is -0.332 e. The maximum atomic E-state index is 11.9. The van der Waals surface area contributed by atoms with Crippen molar-refractivity contribution in [2.24, 2.45) is 0 Å². The molecule has 1 amide bonds. The first-order valence-electron chi connectivity index (χ1n) is 7.38. The number of hydrogen-bond donors (Lipinski definition) is 2. The van der Waals surface area contributed by atoms with Crippen LogP contribution in [0.15, 0.2) is 48.5 Å². The monoisotopic (exact) mass is 324 g/mol. The molecule has 23 heavy (non-hydrogen) atoms. The van der Waals surface area contributed by atoms with Crippen LogP contribution in [0, 0.1) is 20.8 Å². The first-order chi connectivity index (χ1) is 10.9. The third-order valence-electron chi connectivity index (χ3n) is 3.38. The second-order valence-corrected chi connectivity index (χ2v) is 5.91. The molecule has 0 aliphatic heterocycles. The van der Waals surface area contributed by atoms with Gasteiger partial charge in [0.1, 0.15) is 0 Å². The van der Waals surface area contributed by atoms with Gasteiger partial charge in [0, 0.05) is 11.8 Å². The second-order valence-electron chi connectivity index (χ2n) is 5.51. The maximum absolute atomic E-state index is 11.9. The van der Waals surface area contributed by atoms with Crippen LogP contribution in [0.4, 0.5) is 5.69 Å². The molecular formula is C19H20N2OS. The van der Waals surface area contributed by atoms with Crippen molar-refractivity contribution in [3.63, 3.8) is 0 Å². The molecule has 0 fully saturated rings. The van der Waals surface area contributed by atoms with Crippen molar-refractivity contribution in [3.8, 4) is 0 Å². The normalized spacial score (nSPS) is 10.6. The van der Waals surface area contributed by atoms with Gasteiger partial charge in [-0.15, -0.1) is 0 Å². The van der Waals surface area contributed by atoms with Crippen molar-refractivity contribution in [1.82, 2.24) is 5.32 Å². The highest BCUT2D eigenvalue weighted by Gasteiger charge is 2.04. The highest BCUT2D eigenvalue weighted by molar-refractivity contribution is 7.80. The molecule has 2 N–H and O–H groups in total. The Hall–Kier alpha value is -2.46. The smallest absolute Gasteiger partial charge is 0.250 e. The third-order valence-corrected chi connectivity index (χ3v) is 3.59. The molecule has 0 aromatic heterocycles. The zero-order chi connectivity index (χ0) is 16.8. The Bertz CT molecular complexity index is 748. The van der Waals surface area contributed by atoms with Crippen LogP contribution < -0.4 is 10.6 Å². The van der Waals surface area contributed by atoms with Crippen molar-refractivity contribution in [1.29, 1.82) is 0 Å². The van der Waals surface area contributed by atoms with Gasteiger partial charge in [-0.05, 0) is 61.8 Å². The van der Waals surface area contributed by atoms with Crippen LogP contribution in [-0.4, -0.2) is 11.0 Å². The standard InChI is InChI=1S/C19H20N2OS/c1-13-5-8-16(9-6-13)10-11-18(22)21-19(23)20-17-12-14(2)4-7-15(17)3/h4-12H,1-3H3,(H2,20,21,22,23). The summed E-state index contributed by atoms with van der Waals surface area (Å²) in [5, 5.41) is 5.99. The van der Waals surface area contributed by atoms with Crippen LogP contribution in [-0.2, 0) is 4.79 Å². The molecule has 0 atom stereocenters. The molecule has 4 heteroatoms. The van der Waals surface area contributed by atoms with E-state index in [1.165, 1.54) is 11.6 Å². The number of anilines is 1. The summed E-state index contributed by atoms with van der Waals surface area (Å²) in [5.41, 5.74) is 5.26. The van der Waals surface area contributed by atoms with Crippen LogP contribution in [0.25, 0.3) is 6.08 Å². The molecule has 2 aromatic carbocycles. The Morgan fingerprint density at radius 1 is 1.00 bits per heavy atom. The van der Waals surface area contributed by atoms with E-state index in [9.17, 15) is 4.79 Å². The van der Waals surface area contributed by atoms with Crippen molar-refractivity contribution < 1.29 is 4.79 Å². The predicted octanol–water partition coefficient (Wildman–Crippen LogP) is 4.14. The average Bonchev–Trinajstić information content (AvgIpc) is 2.50. The maximum Gasteiger partial charge on any atom is 0.250 e. The number of nitrogens with one attached hydrogen (secondary N) is 2. The molecular weight excluding hydrogens is 304 g/mol.